The number of hydrogen-bond acceptors (Lipinski definition) is 6. The fourth-order valence-corrected chi connectivity index (χ4v) is 4.48. The normalized spacial score (nSPS) is 22.8. The van der Waals surface area contributed by atoms with E-state index in [-0.39, 0.29) is 18.0 Å². The number of halogens is 1. The molecule has 0 atom stereocenters. The Morgan fingerprint density at radius 1 is 1.16 bits per heavy atom. The molecule has 3 N–H and O–H groups in total. The van der Waals surface area contributed by atoms with Gasteiger partial charge in [-0.2, -0.15) is 0 Å². The van der Waals surface area contributed by atoms with Crippen molar-refractivity contribution < 1.29 is 18.7 Å². The van der Waals surface area contributed by atoms with Crippen LogP contribution in [0, 0.1) is 11.7 Å². The molecule has 7 nitrogen and oxygen atoms in total. The number of ether oxygens (including phenoxy) is 2. The summed E-state index contributed by atoms with van der Waals surface area (Å²) >= 11 is 0. The summed E-state index contributed by atoms with van der Waals surface area (Å²) < 4.78 is 25.0. The van der Waals surface area contributed by atoms with Crippen molar-refractivity contribution >= 4 is 17.5 Å². The van der Waals surface area contributed by atoms with E-state index in [1.165, 1.54) is 6.07 Å². The van der Waals surface area contributed by atoms with Crippen LogP contribution in [-0.2, 0) is 4.74 Å². The highest BCUT2D eigenvalue weighted by Crippen LogP contribution is 2.32. The summed E-state index contributed by atoms with van der Waals surface area (Å²) in [6.07, 6.45) is 3.86. The molecule has 0 radical (unpaired) electrons. The van der Waals surface area contributed by atoms with Gasteiger partial charge in [0, 0.05) is 50.9 Å². The third kappa shape index (κ3) is 6.63. The first-order valence-corrected chi connectivity index (χ1v) is 11.2. The van der Waals surface area contributed by atoms with Gasteiger partial charge in [-0.3, -0.25) is 4.90 Å². The number of hydrogen-bond donors (Lipinski definition) is 2. The zero-order valence-corrected chi connectivity index (χ0v) is 19.2. The summed E-state index contributed by atoms with van der Waals surface area (Å²) in [7, 11) is 1.54. The maximum atomic E-state index is 14.4. The third-order valence-electron chi connectivity index (χ3n) is 6.10. The van der Waals surface area contributed by atoms with E-state index in [9.17, 15) is 9.18 Å². The van der Waals surface area contributed by atoms with Gasteiger partial charge in [-0.1, -0.05) is 0 Å². The first kappa shape index (κ1) is 23.4. The summed E-state index contributed by atoms with van der Waals surface area (Å²) in [5.74, 6) is 0.842. The highest BCUT2D eigenvalue weighted by Gasteiger charge is 2.27. The van der Waals surface area contributed by atoms with E-state index >= 15 is 0 Å². The maximum absolute atomic E-state index is 14.4. The second-order valence-electron chi connectivity index (χ2n) is 9.70. The number of alkyl carbamates (subject to hydrolysis) is 1. The van der Waals surface area contributed by atoms with E-state index in [1.807, 2.05) is 20.8 Å². The summed E-state index contributed by atoms with van der Waals surface area (Å²) in [5.41, 5.74) is 6.20. The quantitative estimate of drug-likeness (QED) is 0.687. The molecule has 1 aromatic rings. The van der Waals surface area contributed by atoms with Crippen LogP contribution in [0.15, 0.2) is 12.1 Å². The number of nitrogen functional groups attached to an aromatic ring is 1. The monoisotopic (exact) mass is 436 g/mol. The minimum atomic E-state index is -0.468. The van der Waals surface area contributed by atoms with Crippen LogP contribution in [0.5, 0.6) is 5.75 Å². The number of carbonyl (C=O) groups is 1. The Kier molecular flexibility index (Phi) is 7.51. The summed E-state index contributed by atoms with van der Waals surface area (Å²) in [4.78, 5) is 16.5. The number of piperazine rings is 1. The molecule has 1 aliphatic carbocycles. The van der Waals surface area contributed by atoms with Crippen LogP contribution in [0.3, 0.4) is 0 Å². The van der Waals surface area contributed by atoms with Crippen molar-refractivity contribution in [3.8, 4) is 5.75 Å². The Hall–Kier alpha value is -2.22. The zero-order valence-electron chi connectivity index (χ0n) is 19.2. The fourth-order valence-electron chi connectivity index (χ4n) is 4.48. The van der Waals surface area contributed by atoms with E-state index in [4.69, 9.17) is 15.2 Å². The minimum absolute atomic E-state index is 0.200. The predicted molar refractivity (Wildman–Crippen MR) is 121 cm³/mol. The van der Waals surface area contributed by atoms with Gasteiger partial charge in [0.2, 0.25) is 0 Å². The van der Waals surface area contributed by atoms with Gasteiger partial charge in [0.25, 0.3) is 0 Å². The SMILES string of the molecule is COc1cc(N2CCN(CC3CCC(NC(=O)OC(C)(C)C)CC3)CC2)c(F)cc1N. The summed E-state index contributed by atoms with van der Waals surface area (Å²) in [5, 5.41) is 3.01. The summed E-state index contributed by atoms with van der Waals surface area (Å²) in [6.45, 7) is 10.0. The molecule has 8 heteroatoms. The van der Waals surface area contributed by atoms with Crippen molar-refractivity contribution in [3.63, 3.8) is 0 Å². The average Bonchev–Trinajstić information content (AvgIpc) is 2.69. The maximum Gasteiger partial charge on any atom is 0.407 e. The van der Waals surface area contributed by atoms with Gasteiger partial charge in [-0.15, -0.1) is 0 Å². The van der Waals surface area contributed by atoms with Gasteiger partial charge in [0.15, 0.2) is 0 Å². The lowest BCUT2D eigenvalue weighted by molar-refractivity contribution is 0.0483. The lowest BCUT2D eigenvalue weighted by Gasteiger charge is -2.39. The second kappa shape index (κ2) is 9.94. The molecule has 3 rings (SSSR count). The molecule has 31 heavy (non-hydrogen) atoms. The number of carbonyl (C=O) groups excluding carboxylic acids is 1. The number of rotatable bonds is 5. The topological polar surface area (TPSA) is 80.1 Å². The van der Waals surface area contributed by atoms with Crippen molar-refractivity contribution in [2.24, 2.45) is 5.92 Å². The number of amides is 1. The molecule has 1 aliphatic heterocycles. The van der Waals surface area contributed by atoms with Crippen molar-refractivity contribution in [2.45, 2.75) is 58.1 Å². The standard InChI is InChI=1S/C23H37FN4O3/c1-23(2,3)31-22(29)26-17-7-5-16(6-8-17)15-27-9-11-28(12-10-27)20-14-21(30-4)19(25)13-18(20)24/h13-14,16-17H,5-12,15,25H2,1-4H3,(H,26,29). The first-order valence-electron chi connectivity index (χ1n) is 11.2. The lowest BCUT2D eigenvalue weighted by Crippen LogP contribution is -2.49. The minimum Gasteiger partial charge on any atom is -0.495 e. The third-order valence-corrected chi connectivity index (χ3v) is 6.10. The Morgan fingerprint density at radius 2 is 1.81 bits per heavy atom. The van der Waals surface area contributed by atoms with E-state index in [1.54, 1.807) is 13.2 Å². The molecule has 174 valence electrons. The molecule has 0 unspecified atom stereocenters. The molecule has 1 aromatic carbocycles. The van der Waals surface area contributed by atoms with Crippen LogP contribution in [0.4, 0.5) is 20.6 Å². The van der Waals surface area contributed by atoms with Crippen molar-refractivity contribution in [1.82, 2.24) is 10.2 Å². The molecule has 1 heterocycles. The fraction of sp³-hybridized carbons (Fsp3) is 0.696. The molecule has 0 aromatic heterocycles. The number of nitrogens with zero attached hydrogens (tertiary/aromatic N) is 2. The van der Waals surface area contributed by atoms with Gasteiger partial charge in [0.1, 0.15) is 17.2 Å². The number of methoxy groups -OCH3 is 1. The van der Waals surface area contributed by atoms with Gasteiger partial charge in [0.05, 0.1) is 18.5 Å². The molecule has 2 aliphatic rings. The Bertz CT molecular complexity index is 752. The van der Waals surface area contributed by atoms with E-state index in [2.05, 4.69) is 15.1 Å². The highest BCUT2D eigenvalue weighted by atomic mass is 19.1. The van der Waals surface area contributed by atoms with Gasteiger partial charge in [-0.05, 0) is 52.4 Å². The smallest absolute Gasteiger partial charge is 0.407 e. The zero-order chi connectivity index (χ0) is 22.6. The Morgan fingerprint density at radius 3 is 2.39 bits per heavy atom. The van der Waals surface area contributed by atoms with Crippen LogP contribution in [0.2, 0.25) is 0 Å². The van der Waals surface area contributed by atoms with Crippen LogP contribution >= 0.6 is 0 Å². The van der Waals surface area contributed by atoms with Gasteiger partial charge < -0.3 is 25.4 Å². The number of nitrogens with one attached hydrogen (secondary N) is 1. The molecule has 2 fully saturated rings. The Labute approximate surface area is 185 Å². The number of benzene rings is 1. The molecule has 1 amide bonds. The highest BCUT2D eigenvalue weighted by molar-refractivity contribution is 5.68. The van der Waals surface area contributed by atoms with Crippen molar-refractivity contribution in [3.05, 3.63) is 17.9 Å². The van der Waals surface area contributed by atoms with E-state index in [0.717, 1.165) is 58.4 Å². The molecule has 1 saturated heterocycles. The van der Waals surface area contributed by atoms with Gasteiger partial charge >= 0.3 is 6.09 Å². The van der Waals surface area contributed by atoms with Crippen molar-refractivity contribution in [1.29, 1.82) is 0 Å². The molecular weight excluding hydrogens is 399 g/mol. The Balaban J connectivity index is 1.42. The van der Waals surface area contributed by atoms with Crippen LogP contribution in [0.1, 0.15) is 46.5 Å². The molecular formula is C23H37FN4O3. The second-order valence-corrected chi connectivity index (χ2v) is 9.70. The molecule has 0 spiro atoms. The number of anilines is 2. The van der Waals surface area contributed by atoms with Crippen LogP contribution < -0.4 is 20.7 Å². The van der Waals surface area contributed by atoms with Crippen molar-refractivity contribution in [2.75, 3.05) is 50.5 Å². The summed E-state index contributed by atoms with van der Waals surface area (Å²) in [6, 6.07) is 3.23. The number of nitrogens with two attached hydrogens (primary N) is 1. The average molecular weight is 437 g/mol. The first-order chi connectivity index (χ1) is 14.6. The van der Waals surface area contributed by atoms with Crippen LogP contribution in [-0.4, -0.2) is 62.5 Å². The van der Waals surface area contributed by atoms with Gasteiger partial charge in [-0.25, -0.2) is 9.18 Å². The largest absolute Gasteiger partial charge is 0.495 e. The predicted octanol–water partition coefficient (Wildman–Crippen LogP) is 3.62. The molecule has 1 saturated carbocycles. The lowest BCUT2D eigenvalue weighted by atomic mass is 9.85. The van der Waals surface area contributed by atoms with Crippen LogP contribution in [0.25, 0.3) is 0 Å². The van der Waals surface area contributed by atoms with E-state index < -0.39 is 5.60 Å². The van der Waals surface area contributed by atoms with E-state index in [0.29, 0.717) is 23.0 Å². The molecule has 0 bridgehead atoms.